The maximum Gasteiger partial charge on any atom is 0.413 e. The topological polar surface area (TPSA) is 71.4 Å². The van der Waals surface area contributed by atoms with E-state index in [1.807, 2.05) is 0 Å². The van der Waals surface area contributed by atoms with Gasteiger partial charge in [0.25, 0.3) is 5.91 Å². The van der Waals surface area contributed by atoms with Crippen molar-refractivity contribution in [3.8, 4) is 0 Å². The van der Waals surface area contributed by atoms with Crippen molar-refractivity contribution in [1.82, 2.24) is 9.80 Å². The zero-order chi connectivity index (χ0) is 17.3. The van der Waals surface area contributed by atoms with Crippen LogP contribution in [0.15, 0.2) is 4.99 Å². The van der Waals surface area contributed by atoms with E-state index in [4.69, 9.17) is 9.47 Å². The van der Waals surface area contributed by atoms with Gasteiger partial charge in [0.1, 0.15) is 17.4 Å². The summed E-state index contributed by atoms with van der Waals surface area (Å²) in [7, 11) is 3.53. The summed E-state index contributed by atoms with van der Waals surface area (Å²) in [6, 6.07) is -0.805. The number of nitrogens with zero attached hydrogens (tertiary/aromatic N) is 3. The lowest BCUT2D eigenvalue weighted by atomic mass is 10.1. The molecule has 0 bridgehead atoms. The summed E-state index contributed by atoms with van der Waals surface area (Å²) in [5.74, 6) is -0.433. The molecule has 126 valence electrons. The Kier molecular flexibility index (Phi) is 5.22. The Morgan fingerprint density at radius 3 is 2.32 bits per heavy atom. The van der Waals surface area contributed by atoms with Gasteiger partial charge in [-0.1, -0.05) is 0 Å². The molecule has 1 heterocycles. The highest BCUT2D eigenvalue weighted by Gasteiger charge is 2.52. The fourth-order valence-electron chi connectivity index (χ4n) is 2.33. The number of carbonyl (C=O) groups excluding carboxylic acids is 2. The van der Waals surface area contributed by atoms with E-state index >= 15 is 0 Å². The van der Waals surface area contributed by atoms with Gasteiger partial charge in [0.05, 0.1) is 12.4 Å². The van der Waals surface area contributed by atoms with Gasteiger partial charge in [-0.15, -0.1) is 0 Å². The summed E-state index contributed by atoms with van der Waals surface area (Å²) < 4.78 is 11.2. The number of aliphatic imine (C=N–C) groups is 1. The van der Waals surface area contributed by atoms with Crippen LogP contribution in [-0.4, -0.2) is 65.7 Å². The van der Waals surface area contributed by atoms with E-state index in [0.717, 1.165) is 0 Å². The van der Waals surface area contributed by atoms with E-state index in [1.54, 1.807) is 60.5 Å². The van der Waals surface area contributed by atoms with E-state index in [2.05, 4.69) is 4.99 Å². The number of amides is 2. The lowest BCUT2D eigenvalue weighted by Crippen LogP contribution is -2.52. The second-order valence-corrected chi connectivity index (χ2v) is 7.11. The van der Waals surface area contributed by atoms with E-state index in [-0.39, 0.29) is 0 Å². The van der Waals surface area contributed by atoms with Crippen LogP contribution in [0.5, 0.6) is 0 Å². The molecular weight excluding hydrogens is 286 g/mol. The Hall–Kier alpha value is -1.63. The molecule has 0 saturated carbocycles. The van der Waals surface area contributed by atoms with E-state index < -0.39 is 35.5 Å². The summed E-state index contributed by atoms with van der Waals surface area (Å²) in [6.07, 6.45) is 0.364. The Labute approximate surface area is 132 Å². The molecule has 0 aromatic heterocycles. The summed E-state index contributed by atoms with van der Waals surface area (Å²) in [4.78, 5) is 31.7. The van der Waals surface area contributed by atoms with Crippen LogP contribution in [-0.2, 0) is 14.3 Å². The van der Waals surface area contributed by atoms with Crippen LogP contribution in [0.3, 0.4) is 0 Å². The van der Waals surface area contributed by atoms with Gasteiger partial charge in [0, 0.05) is 14.1 Å². The fraction of sp³-hybridized carbons (Fsp3) is 0.800. The lowest BCUT2D eigenvalue weighted by molar-refractivity contribution is -0.123. The molecular formula is C15H27N3O4. The number of hydrogen-bond donors (Lipinski definition) is 0. The molecule has 0 aromatic rings. The molecule has 2 unspecified atom stereocenters. The van der Waals surface area contributed by atoms with Crippen LogP contribution < -0.4 is 0 Å². The largest absolute Gasteiger partial charge is 0.444 e. The molecule has 1 aliphatic rings. The Bertz CT molecular complexity index is 466. The van der Waals surface area contributed by atoms with Crippen molar-refractivity contribution < 1.29 is 19.1 Å². The molecule has 0 aromatic carbocycles. The average molecular weight is 313 g/mol. The number of rotatable bonds is 2. The highest BCUT2D eigenvalue weighted by atomic mass is 16.6. The third-order valence-corrected chi connectivity index (χ3v) is 3.04. The summed E-state index contributed by atoms with van der Waals surface area (Å²) >= 11 is 0. The van der Waals surface area contributed by atoms with Crippen LogP contribution in [0.1, 0.15) is 41.5 Å². The minimum Gasteiger partial charge on any atom is -0.444 e. The van der Waals surface area contributed by atoms with Gasteiger partial charge in [0.15, 0.2) is 0 Å². The first-order valence-corrected chi connectivity index (χ1v) is 7.30. The number of carbonyl (C=O) groups is 2. The molecule has 1 aliphatic heterocycles. The minimum atomic E-state index is -0.935. The normalized spacial score (nSPS) is 24.6. The zero-order valence-electron chi connectivity index (χ0n) is 14.7. The SMILES string of the molecule is CC1OC(C)(C)N(C(=O)OC(C)(C)C)C1C(=O)/N=C/N(C)C. The number of ether oxygens (including phenoxy) is 2. The summed E-state index contributed by atoms with van der Waals surface area (Å²) in [5, 5.41) is 0. The summed E-state index contributed by atoms with van der Waals surface area (Å²) in [5.41, 5.74) is -1.59. The van der Waals surface area contributed by atoms with Crippen molar-refractivity contribution in [3.05, 3.63) is 0 Å². The van der Waals surface area contributed by atoms with Crippen LogP contribution in [0.25, 0.3) is 0 Å². The van der Waals surface area contributed by atoms with Crippen molar-refractivity contribution >= 4 is 18.3 Å². The van der Waals surface area contributed by atoms with E-state index in [9.17, 15) is 9.59 Å². The Morgan fingerprint density at radius 2 is 1.86 bits per heavy atom. The highest BCUT2D eigenvalue weighted by Crippen LogP contribution is 2.34. The lowest BCUT2D eigenvalue weighted by Gasteiger charge is -2.34. The van der Waals surface area contributed by atoms with Gasteiger partial charge in [-0.2, -0.15) is 0 Å². The van der Waals surface area contributed by atoms with Gasteiger partial charge in [-0.05, 0) is 41.5 Å². The average Bonchev–Trinajstić information content (AvgIpc) is 2.53. The van der Waals surface area contributed by atoms with Crippen molar-refractivity contribution in [2.24, 2.45) is 4.99 Å². The molecule has 0 spiro atoms. The van der Waals surface area contributed by atoms with Crippen LogP contribution in [0.2, 0.25) is 0 Å². The van der Waals surface area contributed by atoms with Crippen molar-refractivity contribution in [1.29, 1.82) is 0 Å². The van der Waals surface area contributed by atoms with Gasteiger partial charge in [-0.25, -0.2) is 9.79 Å². The molecule has 2 amide bonds. The smallest absolute Gasteiger partial charge is 0.413 e. The Morgan fingerprint density at radius 1 is 1.32 bits per heavy atom. The third kappa shape index (κ3) is 4.43. The van der Waals surface area contributed by atoms with Crippen molar-refractivity contribution in [2.45, 2.75) is 65.0 Å². The van der Waals surface area contributed by atoms with Gasteiger partial charge in [0.2, 0.25) is 0 Å². The molecule has 0 N–H and O–H groups in total. The van der Waals surface area contributed by atoms with Gasteiger partial charge >= 0.3 is 6.09 Å². The van der Waals surface area contributed by atoms with Gasteiger partial charge < -0.3 is 14.4 Å². The molecule has 0 radical (unpaired) electrons. The monoisotopic (exact) mass is 313 g/mol. The second-order valence-electron chi connectivity index (χ2n) is 7.11. The fourth-order valence-corrected chi connectivity index (χ4v) is 2.33. The van der Waals surface area contributed by atoms with E-state index in [1.165, 1.54) is 11.2 Å². The first-order chi connectivity index (χ1) is 9.85. The minimum absolute atomic E-state index is 0.433. The first kappa shape index (κ1) is 18.4. The molecule has 0 aliphatic carbocycles. The summed E-state index contributed by atoms with van der Waals surface area (Å²) in [6.45, 7) is 10.5. The Balaban J connectivity index is 3.07. The maximum absolute atomic E-state index is 12.5. The van der Waals surface area contributed by atoms with Crippen molar-refractivity contribution in [3.63, 3.8) is 0 Å². The molecule has 7 heteroatoms. The van der Waals surface area contributed by atoms with Gasteiger partial charge in [-0.3, -0.25) is 9.69 Å². The second kappa shape index (κ2) is 6.24. The molecule has 1 saturated heterocycles. The number of hydrogen-bond acceptors (Lipinski definition) is 4. The molecule has 22 heavy (non-hydrogen) atoms. The maximum atomic E-state index is 12.5. The predicted molar refractivity (Wildman–Crippen MR) is 83.7 cm³/mol. The molecule has 1 fully saturated rings. The standard InChI is InChI=1S/C15H27N3O4/c1-10-11(12(19)16-9-17(7)8)18(15(5,6)21-10)13(20)22-14(2,3)4/h9-11H,1-8H3/b16-9+. The van der Waals surface area contributed by atoms with Crippen LogP contribution >= 0.6 is 0 Å². The van der Waals surface area contributed by atoms with Crippen molar-refractivity contribution in [2.75, 3.05) is 14.1 Å². The molecule has 1 rings (SSSR count). The first-order valence-electron chi connectivity index (χ1n) is 7.30. The predicted octanol–water partition coefficient (Wildman–Crippen LogP) is 1.86. The van der Waals surface area contributed by atoms with Crippen LogP contribution in [0.4, 0.5) is 4.79 Å². The highest BCUT2D eigenvalue weighted by molar-refractivity contribution is 5.92. The van der Waals surface area contributed by atoms with E-state index in [0.29, 0.717) is 0 Å². The third-order valence-electron chi connectivity index (χ3n) is 3.04. The zero-order valence-corrected chi connectivity index (χ0v) is 14.7. The van der Waals surface area contributed by atoms with Crippen LogP contribution in [0, 0.1) is 0 Å². The molecule has 2 atom stereocenters. The molecule has 7 nitrogen and oxygen atoms in total. The quantitative estimate of drug-likeness (QED) is 0.575.